The minimum absolute atomic E-state index is 0.0240. The number of carbonyl (C=O) groups excluding carboxylic acids is 1. The van der Waals surface area contributed by atoms with Gasteiger partial charge in [-0.05, 0) is 56.4 Å². The molecule has 4 rings (SSSR count). The Morgan fingerprint density at radius 3 is 2.42 bits per heavy atom. The summed E-state index contributed by atoms with van der Waals surface area (Å²) >= 11 is 1.79. The average Bonchev–Trinajstić information content (AvgIpc) is 3.31. The normalized spacial score (nSPS) is 40.7. The summed E-state index contributed by atoms with van der Waals surface area (Å²) < 4.78 is 28.5. The van der Waals surface area contributed by atoms with E-state index in [0.29, 0.717) is 36.7 Å². The number of nitrogens with zero attached hydrogens (tertiary/aromatic N) is 2. The van der Waals surface area contributed by atoms with Crippen LogP contribution in [0.2, 0.25) is 0 Å². The number of fused-ring (bicyclic) bond motifs is 2. The van der Waals surface area contributed by atoms with Crippen molar-refractivity contribution < 1.29 is 13.2 Å². The average molecular weight is 401 g/mol. The molecule has 0 radical (unpaired) electrons. The summed E-state index contributed by atoms with van der Waals surface area (Å²) in [6.45, 7) is 7.61. The predicted octanol–water partition coefficient (Wildman–Crippen LogP) is 2.22. The van der Waals surface area contributed by atoms with Crippen molar-refractivity contribution in [3.63, 3.8) is 0 Å². The van der Waals surface area contributed by atoms with Crippen molar-refractivity contribution in [2.75, 3.05) is 38.2 Å². The molecule has 4 unspecified atom stereocenters. The first-order valence-corrected chi connectivity index (χ1v) is 12.9. The molecule has 0 aromatic carbocycles. The molecule has 0 aromatic heterocycles. The van der Waals surface area contributed by atoms with Gasteiger partial charge in [-0.2, -0.15) is 16.1 Å². The third-order valence-electron chi connectivity index (χ3n) is 8.08. The van der Waals surface area contributed by atoms with Crippen LogP contribution in [0.5, 0.6) is 0 Å². The van der Waals surface area contributed by atoms with Crippen molar-refractivity contribution in [3.8, 4) is 0 Å². The fraction of sp³-hybridized carbons (Fsp3) is 0.947. The molecule has 2 heterocycles. The highest BCUT2D eigenvalue weighted by molar-refractivity contribution is 7.99. The first kappa shape index (κ1) is 19.2. The number of rotatable bonds is 5. The van der Waals surface area contributed by atoms with Crippen LogP contribution in [0.25, 0.3) is 0 Å². The molecule has 0 N–H and O–H groups in total. The van der Waals surface area contributed by atoms with E-state index >= 15 is 0 Å². The summed E-state index contributed by atoms with van der Waals surface area (Å²) in [6, 6.07) is 0.323. The molecule has 7 heteroatoms. The third-order valence-corrected chi connectivity index (χ3v) is 11.1. The monoisotopic (exact) mass is 400 g/mol. The largest absolute Gasteiger partial charge is 0.299 e. The molecular formula is C19H32N2O3S2. The van der Waals surface area contributed by atoms with Crippen LogP contribution < -0.4 is 0 Å². The molecular weight excluding hydrogens is 368 g/mol. The number of ketones is 1. The molecule has 2 bridgehead atoms. The SMILES string of the molecule is CSC1CN(S(=O)(=O)CC23CCC(CC2=O)C3(C)C)CC1N1CCCC1. The lowest BCUT2D eigenvalue weighted by Crippen LogP contribution is -2.46. The van der Waals surface area contributed by atoms with Crippen molar-refractivity contribution in [1.82, 2.24) is 9.21 Å². The summed E-state index contributed by atoms with van der Waals surface area (Å²) in [5, 5.41) is 0.337. The van der Waals surface area contributed by atoms with Crippen molar-refractivity contribution in [1.29, 1.82) is 0 Å². The number of carbonyl (C=O) groups is 1. The van der Waals surface area contributed by atoms with Crippen LogP contribution in [-0.2, 0) is 14.8 Å². The summed E-state index contributed by atoms with van der Waals surface area (Å²) in [6.07, 6.45) is 6.85. The summed E-state index contributed by atoms with van der Waals surface area (Å²) in [4.78, 5) is 15.2. The molecule has 148 valence electrons. The molecule has 4 fully saturated rings. The van der Waals surface area contributed by atoms with Gasteiger partial charge < -0.3 is 0 Å². The maximum absolute atomic E-state index is 13.4. The first-order valence-electron chi connectivity index (χ1n) is 9.99. The molecule has 2 aliphatic heterocycles. The zero-order valence-electron chi connectivity index (χ0n) is 16.2. The Hall–Kier alpha value is -0.110. The number of likely N-dealkylation sites (tertiary alicyclic amines) is 1. The number of hydrogen-bond acceptors (Lipinski definition) is 5. The molecule has 26 heavy (non-hydrogen) atoms. The van der Waals surface area contributed by atoms with Crippen LogP contribution in [-0.4, -0.2) is 72.9 Å². The van der Waals surface area contributed by atoms with Gasteiger partial charge in [-0.25, -0.2) is 8.42 Å². The van der Waals surface area contributed by atoms with Gasteiger partial charge in [-0.1, -0.05) is 13.8 Å². The Morgan fingerprint density at radius 1 is 1.19 bits per heavy atom. The topological polar surface area (TPSA) is 57.7 Å². The highest BCUT2D eigenvalue weighted by atomic mass is 32.2. The minimum atomic E-state index is -3.42. The lowest BCUT2D eigenvalue weighted by atomic mass is 9.70. The third kappa shape index (κ3) is 2.72. The summed E-state index contributed by atoms with van der Waals surface area (Å²) in [5.74, 6) is 0.579. The first-order chi connectivity index (χ1) is 12.2. The van der Waals surface area contributed by atoms with Crippen molar-refractivity contribution in [2.24, 2.45) is 16.7 Å². The van der Waals surface area contributed by atoms with Crippen molar-refractivity contribution in [2.45, 2.75) is 57.2 Å². The molecule has 0 amide bonds. The highest BCUT2D eigenvalue weighted by Gasteiger charge is 2.65. The highest BCUT2D eigenvalue weighted by Crippen LogP contribution is 2.64. The van der Waals surface area contributed by atoms with E-state index in [-0.39, 0.29) is 17.0 Å². The quantitative estimate of drug-likeness (QED) is 0.708. The van der Waals surface area contributed by atoms with E-state index in [1.165, 1.54) is 12.8 Å². The van der Waals surface area contributed by atoms with Crippen LogP contribution in [0.3, 0.4) is 0 Å². The zero-order valence-corrected chi connectivity index (χ0v) is 17.9. The van der Waals surface area contributed by atoms with E-state index < -0.39 is 15.4 Å². The van der Waals surface area contributed by atoms with E-state index in [9.17, 15) is 13.2 Å². The zero-order chi connectivity index (χ0) is 18.7. The fourth-order valence-corrected chi connectivity index (χ4v) is 9.36. The van der Waals surface area contributed by atoms with Crippen LogP contribution in [0.1, 0.15) is 46.0 Å². The van der Waals surface area contributed by atoms with Gasteiger partial charge in [0, 0.05) is 36.2 Å². The Balaban J connectivity index is 1.55. The molecule has 0 spiro atoms. The second kappa shape index (κ2) is 6.46. The van der Waals surface area contributed by atoms with Gasteiger partial charge >= 0.3 is 0 Å². The fourth-order valence-electron chi connectivity index (χ4n) is 6.12. The molecule has 2 saturated carbocycles. The van der Waals surface area contributed by atoms with E-state index in [2.05, 4.69) is 25.0 Å². The number of hydrogen-bond donors (Lipinski definition) is 0. The van der Waals surface area contributed by atoms with Gasteiger partial charge in [0.25, 0.3) is 0 Å². The van der Waals surface area contributed by atoms with Gasteiger partial charge in [-0.15, -0.1) is 0 Å². The predicted molar refractivity (Wildman–Crippen MR) is 106 cm³/mol. The van der Waals surface area contributed by atoms with Crippen molar-refractivity contribution in [3.05, 3.63) is 0 Å². The van der Waals surface area contributed by atoms with Gasteiger partial charge in [0.2, 0.25) is 10.0 Å². The van der Waals surface area contributed by atoms with E-state index in [1.807, 2.05) is 0 Å². The Labute approximate surface area is 162 Å². The Morgan fingerprint density at radius 2 is 1.88 bits per heavy atom. The van der Waals surface area contributed by atoms with Crippen LogP contribution in [0, 0.1) is 16.7 Å². The number of thioether (sulfide) groups is 1. The minimum Gasteiger partial charge on any atom is -0.299 e. The second-order valence-electron chi connectivity index (χ2n) is 9.32. The van der Waals surface area contributed by atoms with E-state index in [4.69, 9.17) is 0 Å². The van der Waals surface area contributed by atoms with Gasteiger partial charge in [0.15, 0.2) is 0 Å². The number of Topliss-reactive ketones (excluding diaryl/α,β-unsaturated/α-hetero) is 1. The van der Waals surface area contributed by atoms with E-state index in [0.717, 1.165) is 25.9 Å². The maximum atomic E-state index is 13.4. The number of sulfonamides is 1. The molecule has 2 saturated heterocycles. The van der Waals surface area contributed by atoms with Crippen molar-refractivity contribution >= 4 is 27.6 Å². The molecule has 0 aromatic rings. The van der Waals surface area contributed by atoms with Crippen LogP contribution >= 0.6 is 11.8 Å². The lowest BCUT2D eigenvalue weighted by molar-refractivity contribution is -0.128. The second-order valence-corrected chi connectivity index (χ2v) is 12.4. The molecule has 4 atom stereocenters. The smallest absolute Gasteiger partial charge is 0.215 e. The Kier molecular flexibility index (Phi) is 4.78. The van der Waals surface area contributed by atoms with E-state index in [1.54, 1.807) is 16.1 Å². The molecule has 5 nitrogen and oxygen atoms in total. The molecule has 2 aliphatic carbocycles. The lowest BCUT2D eigenvalue weighted by Gasteiger charge is -2.37. The van der Waals surface area contributed by atoms with Gasteiger partial charge in [-0.3, -0.25) is 9.69 Å². The molecule has 4 aliphatic rings. The maximum Gasteiger partial charge on any atom is 0.215 e. The van der Waals surface area contributed by atoms with Gasteiger partial charge in [0.05, 0.1) is 5.75 Å². The Bertz CT molecular complexity index is 687. The van der Waals surface area contributed by atoms with Crippen LogP contribution in [0.15, 0.2) is 0 Å². The van der Waals surface area contributed by atoms with Gasteiger partial charge in [0.1, 0.15) is 5.78 Å². The standard InChI is InChI=1S/C19H32N2O3S2/c1-18(2)14-6-7-19(18,17(22)10-14)13-26(23,24)21-11-15(16(12-21)25-3)20-8-4-5-9-20/h14-16H,4-13H2,1-3H3. The summed E-state index contributed by atoms with van der Waals surface area (Å²) in [5.41, 5.74) is -0.846. The van der Waals surface area contributed by atoms with Crippen LogP contribution in [0.4, 0.5) is 0 Å². The summed E-state index contributed by atoms with van der Waals surface area (Å²) in [7, 11) is -3.42.